The topological polar surface area (TPSA) is 107 Å². The van der Waals surface area contributed by atoms with Crippen molar-refractivity contribution in [1.82, 2.24) is 15.3 Å². The summed E-state index contributed by atoms with van der Waals surface area (Å²) in [5.41, 5.74) is 0.502. The van der Waals surface area contributed by atoms with Crippen LogP contribution in [0.25, 0.3) is 11.6 Å². The number of carbonyl (C=O) groups is 2. The first-order valence-corrected chi connectivity index (χ1v) is 8.97. The predicted molar refractivity (Wildman–Crippen MR) is 95.8 cm³/mol. The summed E-state index contributed by atoms with van der Waals surface area (Å²) in [5.74, 6) is 0.648. The third kappa shape index (κ3) is 4.27. The van der Waals surface area contributed by atoms with Crippen LogP contribution in [0, 0.1) is 5.92 Å². The van der Waals surface area contributed by atoms with Crippen LogP contribution in [0.4, 0.5) is 0 Å². The summed E-state index contributed by atoms with van der Waals surface area (Å²) in [4.78, 5) is 32.5. The van der Waals surface area contributed by atoms with E-state index in [1.807, 2.05) is 26.0 Å². The van der Waals surface area contributed by atoms with Crippen LogP contribution in [0.15, 0.2) is 27.2 Å². The molecule has 1 aliphatic heterocycles. The van der Waals surface area contributed by atoms with Crippen LogP contribution in [0.3, 0.4) is 0 Å². The van der Waals surface area contributed by atoms with Gasteiger partial charge in [-0.2, -0.15) is 0 Å². The first-order chi connectivity index (χ1) is 13.0. The highest BCUT2D eigenvalue weighted by Crippen LogP contribution is 2.30. The van der Waals surface area contributed by atoms with E-state index >= 15 is 0 Å². The molecule has 0 fully saturated rings. The normalized spacial score (nSPS) is 19.1. The number of rotatable bonds is 3. The Bertz CT molecular complexity index is 849. The van der Waals surface area contributed by atoms with E-state index < -0.39 is 5.97 Å². The molecule has 0 saturated carbocycles. The number of hydrogen-bond donors (Lipinski definition) is 1. The Kier molecular flexibility index (Phi) is 5.73. The molecular formula is C19H23N3O5. The fourth-order valence-electron chi connectivity index (χ4n) is 2.84. The molecule has 0 radical (unpaired) electrons. The van der Waals surface area contributed by atoms with E-state index in [1.165, 1.54) is 13.4 Å². The molecular weight excluding hydrogens is 350 g/mol. The lowest BCUT2D eigenvalue weighted by atomic mass is 10.0. The van der Waals surface area contributed by atoms with Crippen molar-refractivity contribution in [2.24, 2.45) is 5.92 Å². The molecule has 1 amide bonds. The van der Waals surface area contributed by atoms with E-state index in [0.29, 0.717) is 36.6 Å². The summed E-state index contributed by atoms with van der Waals surface area (Å²) in [7, 11) is 1.28. The number of oxazole rings is 2. The predicted octanol–water partition coefficient (Wildman–Crippen LogP) is 3.21. The number of amides is 1. The number of methoxy groups -OCH3 is 1. The average molecular weight is 373 g/mol. The molecule has 3 rings (SSSR count). The highest BCUT2D eigenvalue weighted by atomic mass is 16.5. The molecule has 1 unspecified atom stereocenters. The van der Waals surface area contributed by atoms with Crippen molar-refractivity contribution in [3.63, 3.8) is 0 Å². The number of aromatic nitrogens is 2. The second kappa shape index (κ2) is 8.20. The SMILES string of the molecule is COC(=O)c1coc(-c2nc3oc2CC/C=C/CCC(=O)NC3C(C)C)n1. The van der Waals surface area contributed by atoms with E-state index in [9.17, 15) is 9.59 Å². The van der Waals surface area contributed by atoms with Crippen LogP contribution in [-0.4, -0.2) is 29.0 Å². The molecule has 8 nitrogen and oxygen atoms in total. The summed E-state index contributed by atoms with van der Waals surface area (Å²) >= 11 is 0. The van der Waals surface area contributed by atoms with Gasteiger partial charge in [-0.05, 0) is 18.8 Å². The lowest BCUT2D eigenvalue weighted by Crippen LogP contribution is -2.31. The van der Waals surface area contributed by atoms with E-state index in [1.54, 1.807) is 0 Å². The highest BCUT2D eigenvalue weighted by Gasteiger charge is 2.28. The van der Waals surface area contributed by atoms with Crippen LogP contribution < -0.4 is 5.32 Å². The van der Waals surface area contributed by atoms with Gasteiger partial charge in [-0.1, -0.05) is 26.0 Å². The minimum absolute atomic E-state index is 0.0516. The summed E-state index contributed by atoms with van der Waals surface area (Å²) in [5, 5.41) is 2.99. The van der Waals surface area contributed by atoms with Crippen molar-refractivity contribution in [3.05, 3.63) is 35.8 Å². The number of aryl methyl sites for hydroxylation is 1. The number of esters is 1. The first kappa shape index (κ1) is 18.9. The molecule has 0 aliphatic carbocycles. The molecule has 2 aromatic rings. The van der Waals surface area contributed by atoms with E-state index in [0.717, 1.165) is 6.42 Å². The maximum absolute atomic E-state index is 12.2. The smallest absolute Gasteiger partial charge is 0.360 e. The molecule has 0 saturated heterocycles. The Hall–Kier alpha value is -2.90. The second-order valence-corrected chi connectivity index (χ2v) is 6.69. The van der Waals surface area contributed by atoms with Gasteiger partial charge in [-0.25, -0.2) is 14.8 Å². The third-order valence-corrected chi connectivity index (χ3v) is 4.31. The lowest BCUT2D eigenvalue weighted by Gasteiger charge is -2.19. The van der Waals surface area contributed by atoms with Crippen molar-refractivity contribution >= 4 is 11.9 Å². The Morgan fingerprint density at radius 1 is 1.26 bits per heavy atom. The molecule has 1 atom stereocenters. The minimum Gasteiger partial charge on any atom is -0.464 e. The average Bonchev–Trinajstić information content (AvgIpc) is 3.27. The minimum atomic E-state index is -0.587. The number of allylic oxidation sites excluding steroid dienone is 2. The van der Waals surface area contributed by atoms with E-state index in [-0.39, 0.29) is 29.5 Å². The van der Waals surface area contributed by atoms with Gasteiger partial charge in [0.25, 0.3) is 0 Å². The van der Waals surface area contributed by atoms with Crippen molar-refractivity contribution in [2.45, 2.75) is 45.6 Å². The van der Waals surface area contributed by atoms with Gasteiger partial charge in [-0.15, -0.1) is 0 Å². The van der Waals surface area contributed by atoms with E-state index in [4.69, 9.17) is 8.83 Å². The maximum atomic E-state index is 12.2. The van der Waals surface area contributed by atoms with Crippen LogP contribution in [0.5, 0.6) is 0 Å². The number of nitrogens with zero attached hydrogens (tertiary/aromatic N) is 2. The summed E-state index contributed by atoms with van der Waals surface area (Å²) in [6.45, 7) is 3.97. The maximum Gasteiger partial charge on any atom is 0.360 e. The monoisotopic (exact) mass is 373 g/mol. The molecule has 3 heterocycles. The van der Waals surface area contributed by atoms with Gasteiger partial charge in [-0.3, -0.25) is 4.79 Å². The molecule has 0 spiro atoms. The van der Waals surface area contributed by atoms with Crippen molar-refractivity contribution in [1.29, 1.82) is 0 Å². The number of fused-ring (bicyclic) bond motifs is 2. The van der Waals surface area contributed by atoms with Crippen LogP contribution in [0.2, 0.25) is 0 Å². The van der Waals surface area contributed by atoms with Crippen molar-refractivity contribution < 1.29 is 23.2 Å². The Morgan fingerprint density at radius 3 is 2.70 bits per heavy atom. The largest absolute Gasteiger partial charge is 0.464 e. The van der Waals surface area contributed by atoms with Crippen LogP contribution in [-0.2, 0) is 16.0 Å². The third-order valence-electron chi connectivity index (χ3n) is 4.31. The molecule has 1 N–H and O–H groups in total. The quantitative estimate of drug-likeness (QED) is 0.650. The lowest BCUT2D eigenvalue weighted by molar-refractivity contribution is -0.122. The molecule has 27 heavy (non-hydrogen) atoms. The Labute approximate surface area is 157 Å². The molecule has 2 aromatic heterocycles. The summed E-state index contributed by atoms with van der Waals surface area (Å²) in [6, 6.07) is -0.358. The van der Waals surface area contributed by atoms with Crippen LogP contribution >= 0.6 is 0 Å². The zero-order valence-electron chi connectivity index (χ0n) is 15.7. The number of carbonyl (C=O) groups excluding carboxylic acids is 2. The molecule has 8 heteroatoms. The van der Waals surface area contributed by atoms with Crippen molar-refractivity contribution in [3.8, 4) is 11.6 Å². The zero-order chi connectivity index (χ0) is 19.4. The fourth-order valence-corrected chi connectivity index (χ4v) is 2.84. The number of nitrogens with one attached hydrogen (secondary N) is 1. The Morgan fingerprint density at radius 2 is 2.00 bits per heavy atom. The molecule has 2 bridgehead atoms. The number of hydrogen-bond acceptors (Lipinski definition) is 7. The summed E-state index contributed by atoms with van der Waals surface area (Å²) in [6.07, 6.45) is 7.68. The first-order valence-electron chi connectivity index (χ1n) is 8.97. The molecule has 0 aromatic carbocycles. The second-order valence-electron chi connectivity index (χ2n) is 6.69. The van der Waals surface area contributed by atoms with Gasteiger partial charge in [0, 0.05) is 12.8 Å². The molecule has 1 aliphatic rings. The fraction of sp³-hybridized carbons (Fsp3) is 0.474. The highest BCUT2D eigenvalue weighted by molar-refractivity contribution is 5.87. The van der Waals surface area contributed by atoms with Gasteiger partial charge in [0.2, 0.25) is 17.7 Å². The van der Waals surface area contributed by atoms with Gasteiger partial charge < -0.3 is 18.9 Å². The molecule has 144 valence electrons. The van der Waals surface area contributed by atoms with Gasteiger partial charge >= 0.3 is 5.97 Å². The Balaban J connectivity index is 2.01. The van der Waals surface area contributed by atoms with Gasteiger partial charge in [0.1, 0.15) is 18.1 Å². The van der Waals surface area contributed by atoms with E-state index in [2.05, 4.69) is 20.0 Å². The van der Waals surface area contributed by atoms with Gasteiger partial charge in [0.05, 0.1) is 7.11 Å². The summed E-state index contributed by atoms with van der Waals surface area (Å²) < 4.78 is 16.1. The van der Waals surface area contributed by atoms with Crippen LogP contribution in [0.1, 0.15) is 61.3 Å². The number of ether oxygens (including phenoxy) is 1. The van der Waals surface area contributed by atoms with Gasteiger partial charge in [0.15, 0.2) is 11.4 Å². The zero-order valence-corrected chi connectivity index (χ0v) is 15.7. The van der Waals surface area contributed by atoms with Crippen molar-refractivity contribution in [2.75, 3.05) is 7.11 Å². The standard InChI is InChI=1S/C19H23N3O5/c1-11(2)15-18-22-16(17-20-12(10-26-17)19(24)25-3)13(27-18)8-6-4-5-7-9-14(23)21-15/h4-5,10-11,15H,6-9H2,1-3H3,(H,21,23)/b5-4+.